The van der Waals surface area contributed by atoms with E-state index < -0.39 is 0 Å². The lowest BCUT2D eigenvalue weighted by molar-refractivity contribution is 0.414. The Bertz CT molecular complexity index is 832. The zero-order chi connectivity index (χ0) is 17.1. The van der Waals surface area contributed by atoms with Crippen molar-refractivity contribution in [2.75, 3.05) is 12.4 Å². The van der Waals surface area contributed by atoms with Crippen LogP contribution < -0.4 is 10.1 Å². The lowest BCUT2D eigenvalue weighted by atomic mass is 9.98. The van der Waals surface area contributed by atoms with Gasteiger partial charge in [0.2, 0.25) is 0 Å². The van der Waals surface area contributed by atoms with Crippen molar-refractivity contribution in [3.05, 3.63) is 90.0 Å². The summed E-state index contributed by atoms with van der Waals surface area (Å²) < 4.78 is 5.30. The predicted octanol–water partition coefficient (Wildman–Crippen LogP) is 6.09. The van der Waals surface area contributed by atoms with Gasteiger partial charge in [-0.3, -0.25) is 0 Å². The van der Waals surface area contributed by atoms with E-state index in [2.05, 4.69) is 72.0 Å². The quantitative estimate of drug-likeness (QED) is 0.620. The summed E-state index contributed by atoms with van der Waals surface area (Å²) in [5, 5.41) is 4.17. The van der Waals surface area contributed by atoms with E-state index in [1.807, 2.05) is 23.9 Å². The summed E-state index contributed by atoms with van der Waals surface area (Å²) in [6.07, 6.45) is 1.04. The number of thioether (sulfide) groups is 1. The van der Waals surface area contributed by atoms with Gasteiger partial charge in [-0.05, 0) is 41.8 Å². The first kappa shape index (κ1) is 16.1. The molecule has 3 aromatic rings. The van der Waals surface area contributed by atoms with Crippen molar-refractivity contribution >= 4 is 17.4 Å². The fourth-order valence-corrected chi connectivity index (χ4v) is 4.58. The molecular weight excluding hydrogens is 326 g/mol. The number of para-hydroxylation sites is 1. The molecule has 3 heteroatoms. The van der Waals surface area contributed by atoms with Gasteiger partial charge in [-0.25, -0.2) is 0 Å². The van der Waals surface area contributed by atoms with Crippen LogP contribution >= 0.6 is 11.8 Å². The first-order valence-electron chi connectivity index (χ1n) is 8.54. The highest BCUT2D eigenvalue weighted by Crippen LogP contribution is 2.48. The van der Waals surface area contributed by atoms with Crippen LogP contribution in [0, 0.1) is 0 Å². The van der Waals surface area contributed by atoms with E-state index in [-0.39, 0.29) is 6.04 Å². The third-order valence-corrected chi connectivity index (χ3v) is 5.98. The Morgan fingerprint density at radius 1 is 0.840 bits per heavy atom. The van der Waals surface area contributed by atoms with Gasteiger partial charge in [0, 0.05) is 15.8 Å². The van der Waals surface area contributed by atoms with E-state index >= 15 is 0 Å². The number of hydrogen-bond acceptors (Lipinski definition) is 3. The summed E-state index contributed by atoms with van der Waals surface area (Å²) in [6, 6.07) is 28.1. The van der Waals surface area contributed by atoms with Crippen molar-refractivity contribution < 1.29 is 4.74 Å². The normalized spacial score (nSPS) is 19.4. The molecule has 1 aliphatic heterocycles. The molecule has 1 aliphatic rings. The van der Waals surface area contributed by atoms with E-state index in [1.54, 1.807) is 7.11 Å². The number of methoxy groups -OCH3 is 1. The number of ether oxygens (including phenoxy) is 1. The number of rotatable bonds is 3. The molecule has 4 rings (SSSR count). The first-order valence-corrected chi connectivity index (χ1v) is 9.42. The third-order valence-electron chi connectivity index (χ3n) is 4.63. The van der Waals surface area contributed by atoms with Gasteiger partial charge < -0.3 is 10.1 Å². The fourth-order valence-electron chi connectivity index (χ4n) is 3.28. The summed E-state index contributed by atoms with van der Waals surface area (Å²) in [5.74, 6) is 0.895. The van der Waals surface area contributed by atoms with Crippen molar-refractivity contribution in [3.63, 3.8) is 0 Å². The van der Waals surface area contributed by atoms with Gasteiger partial charge in [0.1, 0.15) is 5.75 Å². The van der Waals surface area contributed by atoms with Crippen LogP contribution in [0.1, 0.15) is 28.8 Å². The fraction of sp³-hybridized carbons (Fsp3) is 0.182. The topological polar surface area (TPSA) is 21.3 Å². The zero-order valence-corrected chi connectivity index (χ0v) is 15.0. The SMILES string of the molecule is COc1ccc([C@@H]2C[C@@H](c3ccccc3)Sc3ccccc3N2)cc1. The smallest absolute Gasteiger partial charge is 0.118 e. The molecule has 0 aromatic heterocycles. The Morgan fingerprint density at radius 2 is 1.56 bits per heavy atom. The van der Waals surface area contributed by atoms with Crippen molar-refractivity contribution in [2.24, 2.45) is 0 Å². The Morgan fingerprint density at radius 3 is 2.32 bits per heavy atom. The van der Waals surface area contributed by atoms with Gasteiger partial charge in [0.25, 0.3) is 0 Å². The molecule has 0 amide bonds. The van der Waals surface area contributed by atoms with E-state index in [0.29, 0.717) is 5.25 Å². The van der Waals surface area contributed by atoms with E-state index in [4.69, 9.17) is 4.74 Å². The minimum absolute atomic E-state index is 0.271. The maximum atomic E-state index is 5.30. The molecule has 126 valence electrons. The average molecular weight is 347 g/mol. The molecule has 0 radical (unpaired) electrons. The monoisotopic (exact) mass is 347 g/mol. The number of anilines is 1. The highest BCUT2D eigenvalue weighted by Gasteiger charge is 2.25. The average Bonchev–Trinajstić information content (AvgIpc) is 2.88. The minimum atomic E-state index is 0.271. The maximum absolute atomic E-state index is 5.30. The summed E-state index contributed by atoms with van der Waals surface area (Å²) in [6.45, 7) is 0. The van der Waals surface area contributed by atoms with Gasteiger partial charge in [0.05, 0.1) is 13.2 Å². The van der Waals surface area contributed by atoms with Crippen LogP contribution in [0.2, 0.25) is 0 Å². The van der Waals surface area contributed by atoms with Crippen LogP contribution in [-0.2, 0) is 0 Å². The molecule has 0 saturated carbocycles. The van der Waals surface area contributed by atoms with Gasteiger partial charge in [-0.2, -0.15) is 0 Å². The summed E-state index contributed by atoms with van der Waals surface area (Å²) in [7, 11) is 1.71. The molecule has 0 aliphatic carbocycles. The maximum Gasteiger partial charge on any atom is 0.118 e. The van der Waals surface area contributed by atoms with Gasteiger partial charge >= 0.3 is 0 Å². The molecule has 0 unspecified atom stereocenters. The van der Waals surface area contributed by atoms with Crippen LogP contribution in [0.3, 0.4) is 0 Å². The van der Waals surface area contributed by atoms with Crippen molar-refractivity contribution in [3.8, 4) is 5.75 Å². The number of benzene rings is 3. The highest BCUT2D eigenvalue weighted by atomic mass is 32.2. The molecule has 0 fully saturated rings. The van der Waals surface area contributed by atoms with Crippen LogP contribution in [0.15, 0.2) is 83.8 Å². The van der Waals surface area contributed by atoms with Crippen LogP contribution in [0.5, 0.6) is 5.75 Å². The Hall–Kier alpha value is -2.39. The second kappa shape index (κ2) is 7.24. The third kappa shape index (κ3) is 3.52. The van der Waals surface area contributed by atoms with Crippen molar-refractivity contribution in [1.29, 1.82) is 0 Å². The number of hydrogen-bond donors (Lipinski definition) is 1. The lowest BCUT2D eigenvalue weighted by Gasteiger charge is -2.22. The van der Waals surface area contributed by atoms with Gasteiger partial charge in [-0.1, -0.05) is 54.6 Å². The standard InChI is InChI=1S/C22H21NOS/c1-24-18-13-11-16(12-14-18)20-15-22(17-7-3-2-4-8-17)25-21-10-6-5-9-19(21)23-20/h2-14,20,22-23H,15H2,1H3/t20-,22-/m0/s1. The summed E-state index contributed by atoms with van der Waals surface area (Å²) in [5.41, 5.74) is 3.88. The largest absolute Gasteiger partial charge is 0.497 e. The highest BCUT2D eigenvalue weighted by molar-refractivity contribution is 7.99. The Kier molecular flexibility index (Phi) is 4.66. The van der Waals surface area contributed by atoms with Crippen LogP contribution in [0.25, 0.3) is 0 Å². The predicted molar refractivity (Wildman–Crippen MR) is 105 cm³/mol. The molecule has 1 heterocycles. The Labute approximate surface area is 153 Å². The van der Waals surface area contributed by atoms with Gasteiger partial charge in [0.15, 0.2) is 0 Å². The number of nitrogens with one attached hydrogen (secondary N) is 1. The number of fused-ring (bicyclic) bond motifs is 1. The van der Waals surface area contributed by atoms with E-state index in [9.17, 15) is 0 Å². The lowest BCUT2D eigenvalue weighted by Crippen LogP contribution is -2.11. The zero-order valence-electron chi connectivity index (χ0n) is 14.2. The molecule has 0 saturated heterocycles. The molecule has 25 heavy (non-hydrogen) atoms. The molecule has 0 bridgehead atoms. The van der Waals surface area contributed by atoms with Crippen molar-refractivity contribution in [2.45, 2.75) is 22.6 Å². The van der Waals surface area contributed by atoms with Gasteiger partial charge in [-0.15, -0.1) is 11.8 Å². The first-order chi connectivity index (χ1) is 12.3. The van der Waals surface area contributed by atoms with E-state index in [0.717, 1.165) is 12.2 Å². The minimum Gasteiger partial charge on any atom is -0.497 e. The molecule has 0 spiro atoms. The molecular formula is C22H21NOS. The second-order valence-electron chi connectivity index (χ2n) is 6.22. The molecule has 1 N–H and O–H groups in total. The van der Waals surface area contributed by atoms with Crippen molar-refractivity contribution in [1.82, 2.24) is 0 Å². The van der Waals surface area contributed by atoms with Crippen LogP contribution in [0.4, 0.5) is 5.69 Å². The molecule has 2 nitrogen and oxygen atoms in total. The molecule has 3 aromatic carbocycles. The van der Waals surface area contributed by atoms with Crippen LogP contribution in [-0.4, -0.2) is 7.11 Å². The Balaban J connectivity index is 1.71. The summed E-state index contributed by atoms with van der Waals surface area (Å²) in [4.78, 5) is 1.31. The van der Waals surface area contributed by atoms with E-state index in [1.165, 1.54) is 21.7 Å². The summed E-state index contributed by atoms with van der Waals surface area (Å²) >= 11 is 1.95. The second-order valence-corrected chi connectivity index (χ2v) is 7.46. The molecule has 2 atom stereocenters.